The third kappa shape index (κ3) is 7.32. The van der Waals surface area contributed by atoms with Crippen LogP contribution in [0.2, 0.25) is 0 Å². The van der Waals surface area contributed by atoms with E-state index >= 15 is 0 Å². The first-order chi connectivity index (χ1) is 23.4. The van der Waals surface area contributed by atoms with Gasteiger partial charge >= 0.3 is 5.97 Å². The second kappa shape index (κ2) is 14.8. The molecule has 5 heterocycles. The van der Waals surface area contributed by atoms with E-state index in [1.54, 1.807) is 4.90 Å². The molecule has 2 aliphatic heterocycles. The first-order valence-corrected chi connectivity index (χ1v) is 17.0. The Kier molecular flexibility index (Phi) is 10.7. The normalized spacial score (nSPS) is 15.9. The van der Waals surface area contributed by atoms with Crippen LogP contribution in [0, 0.1) is 13.8 Å². The molecule has 3 aromatic rings. The number of carbonyl (C=O) groups excluding carboxylic acids is 2. The molecule has 0 aromatic carbocycles. The molecule has 2 aliphatic rings. The molecule has 0 saturated heterocycles. The number of methoxy groups -OCH3 is 1. The molecule has 9 nitrogen and oxygen atoms in total. The second-order valence-corrected chi connectivity index (χ2v) is 13.5. The van der Waals surface area contributed by atoms with Crippen LogP contribution in [0.3, 0.4) is 0 Å². The minimum atomic E-state index is -0.242. The van der Waals surface area contributed by atoms with Crippen molar-refractivity contribution in [1.82, 2.24) is 29.7 Å². The van der Waals surface area contributed by atoms with Crippen molar-refractivity contribution in [1.29, 1.82) is 0 Å². The minimum Gasteiger partial charge on any atom is -0.469 e. The standard InChI is InChI=1S/C40H50N6O3/c1-11-27-23(3)31-19-32-26(6)30(14-16-40(48)49-10)38(43-32)22-37-29(13-15-39(47)46(9)18-17-45(7)8)25(5)34(44-37)21-36-28(12-2)24(4)33(42-36)20-35(27)41-31/h11-12,19-22,26,30,41-42H,1-2,13-18H2,3-10H3. The summed E-state index contributed by atoms with van der Waals surface area (Å²) in [6, 6.07) is 8.39. The average Bonchev–Trinajstić information content (AvgIpc) is 3.73. The summed E-state index contributed by atoms with van der Waals surface area (Å²) in [6.07, 6.45) is 5.57. The molecule has 0 saturated carbocycles. The lowest BCUT2D eigenvalue weighted by Gasteiger charge is -2.20. The number of esters is 1. The minimum absolute atomic E-state index is 0.0159. The number of likely N-dealkylation sites (N-methyl/N-ethyl adjacent to an activating group) is 2. The highest BCUT2D eigenvalue weighted by atomic mass is 16.5. The molecule has 3 aromatic heterocycles. The van der Waals surface area contributed by atoms with Crippen LogP contribution in [0.15, 0.2) is 37.4 Å². The molecule has 0 fully saturated rings. The summed E-state index contributed by atoms with van der Waals surface area (Å²) in [7, 11) is 7.30. The molecule has 49 heavy (non-hydrogen) atoms. The van der Waals surface area contributed by atoms with E-state index in [-0.39, 0.29) is 23.7 Å². The van der Waals surface area contributed by atoms with E-state index in [1.807, 2.05) is 33.3 Å². The van der Waals surface area contributed by atoms with Gasteiger partial charge in [-0.3, -0.25) is 14.6 Å². The number of rotatable bonds is 11. The van der Waals surface area contributed by atoms with Crippen LogP contribution in [-0.4, -0.2) is 83.0 Å². The number of ether oxygens (including phenoxy) is 1. The number of nitrogens with zero attached hydrogens (tertiary/aromatic N) is 4. The molecule has 0 radical (unpaired) electrons. The van der Waals surface area contributed by atoms with Crippen LogP contribution < -0.4 is 0 Å². The molecule has 0 aliphatic carbocycles. The molecular weight excluding hydrogens is 612 g/mol. The van der Waals surface area contributed by atoms with Gasteiger partial charge in [-0.1, -0.05) is 32.2 Å². The van der Waals surface area contributed by atoms with E-state index in [0.29, 0.717) is 32.2 Å². The van der Waals surface area contributed by atoms with Crippen LogP contribution in [0.25, 0.3) is 45.4 Å². The topological polar surface area (TPSA) is 107 Å². The predicted octanol–water partition coefficient (Wildman–Crippen LogP) is 7.79. The van der Waals surface area contributed by atoms with Gasteiger partial charge in [0.15, 0.2) is 0 Å². The van der Waals surface area contributed by atoms with E-state index < -0.39 is 0 Å². The molecule has 2 N–H and O–H groups in total. The second-order valence-electron chi connectivity index (χ2n) is 13.5. The van der Waals surface area contributed by atoms with Gasteiger partial charge in [-0.25, -0.2) is 4.98 Å². The largest absolute Gasteiger partial charge is 0.469 e. The number of hydrogen-bond acceptors (Lipinski definition) is 6. The summed E-state index contributed by atoms with van der Waals surface area (Å²) in [6.45, 7) is 18.1. The Balaban J connectivity index is 1.76. The summed E-state index contributed by atoms with van der Waals surface area (Å²) in [5.41, 5.74) is 13.5. The van der Waals surface area contributed by atoms with E-state index in [2.05, 4.69) is 80.0 Å². The molecular formula is C40H50N6O3. The molecule has 5 rings (SSSR count). The highest BCUT2D eigenvalue weighted by Crippen LogP contribution is 2.42. The number of hydrogen-bond donors (Lipinski definition) is 2. The fourth-order valence-electron chi connectivity index (χ4n) is 6.89. The molecule has 258 valence electrons. The Morgan fingerprint density at radius 1 is 0.837 bits per heavy atom. The highest BCUT2D eigenvalue weighted by Gasteiger charge is 2.30. The molecule has 0 spiro atoms. The first kappa shape index (κ1) is 35.5. The van der Waals surface area contributed by atoms with E-state index in [4.69, 9.17) is 14.7 Å². The van der Waals surface area contributed by atoms with Crippen molar-refractivity contribution in [3.63, 3.8) is 0 Å². The number of aromatic nitrogens is 4. The average molecular weight is 663 g/mol. The van der Waals surface area contributed by atoms with Crippen LogP contribution in [0.5, 0.6) is 0 Å². The lowest BCUT2D eigenvalue weighted by molar-refractivity contribution is -0.140. The van der Waals surface area contributed by atoms with Crippen molar-refractivity contribution < 1.29 is 14.3 Å². The van der Waals surface area contributed by atoms with Crippen molar-refractivity contribution in [3.05, 3.63) is 82.5 Å². The van der Waals surface area contributed by atoms with Crippen molar-refractivity contribution in [3.8, 4) is 0 Å². The first-order valence-electron chi connectivity index (χ1n) is 17.0. The molecule has 2 atom stereocenters. The quantitative estimate of drug-likeness (QED) is 0.203. The van der Waals surface area contributed by atoms with Crippen LogP contribution in [0.1, 0.15) is 96.4 Å². The fourth-order valence-corrected chi connectivity index (χ4v) is 6.89. The number of nitrogens with one attached hydrogen (secondary N) is 2. The molecule has 1 amide bonds. The third-order valence-corrected chi connectivity index (χ3v) is 10.2. The summed E-state index contributed by atoms with van der Waals surface area (Å²) in [5, 5.41) is 0. The van der Waals surface area contributed by atoms with Gasteiger partial charge in [0.05, 0.1) is 18.5 Å². The maximum absolute atomic E-state index is 13.2. The van der Waals surface area contributed by atoms with Gasteiger partial charge in [-0.15, -0.1) is 0 Å². The van der Waals surface area contributed by atoms with Crippen molar-refractivity contribution >= 4 is 57.2 Å². The lowest BCUT2D eigenvalue weighted by atomic mass is 9.87. The SMILES string of the molecule is C=Cc1c(C)c2cc3[nH]c(cc4nc(cc5nc(cc1[nH]2)C(C)=C5CCC(=O)N(C)CCN(C)C)C(CCC(=O)OC)C4C)c(C)c3C=C. The van der Waals surface area contributed by atoms with E-state index in [1.165, 1.54) is 7.11 Å². The zero-order chi connectivity index (χ0) is 35.6. The Morgan fingerprint density at radius 2 is 1.47 bits per heavy atom. The van der Waals surface area contributed by atoms with E-state index in [9.17, 15) is 9.59 Å². The van der Waals surface area contributed by atoms with Crippen molar-refractivity contribution in [2.75, 3.05) is 41.3 Å². The maximum Gasteiger partial charge on any atom is 0.305 e. The van der Waals surface area contributed by atoms with Crippen LogP contribution in [0.4, 0.5) is 0 Å². The summed E-state index contributed by atoms with van der Waals surface area (Å²) >= 11 is 0. The lowest BCUT2D eigenvalue weighted by Crippen LogP contribution is -2.33. The van der Waals surface area contributed by atoms with Gasteiger partial charge in [0.25, 0.3) is 0 Å². The number of carbonyl (C=O) groups is 2. The zero-order valence-electron chi connectivity index (χ0n) is 30.3. The van der Waals surface area contributed by atoms with Gasteiger partial charge in [0.1, 0.15) is 0 Å². The molecule has 9 heteroatoms. The maximum atomic E-state index is 13.2. The van der Waals surface area contributed by atoms with Gasteiger partial charge in [-0.2, -0.15) is 0 Å². The zero-order valence-corrected chi connectivity index (χ0v) is 30.3. The molecule has 2 unspecified atom stereocenters. The van der Waals surface area contributed by atoms with E-state index in [0.717, 1.165) is 84.8 Å². The molecule has 8 bridgehead atoms. The number of fused-ring (bicyclic) bond motifs is 8. The highest BCUT2D eigenvalue weighted by molar-refractivity contribution is 5.94. The van der Waals surface area contributed by atoms with Crippen molar-refractivity contribution in [2.45, 2.75) is 65.2 Å². The smallest absolute Gasteiger partial charge is 0.305 e. The van der Waals surface area contributed by atoms with Gasteiger partial charge in [0, 0.05) is 89.4 Å². The van der Waals surface area contributed by atoms with Crippen LogP contribution >= 0.6 is 0 Å². The summed E-state index contributed by atoms with van der Waals surface area (Å²) in [5.74, 6) is -0.111. The number of aryl methyl sites for hydroxylation is 2. The Morgan fingerprint density at radius 3 is 2.08 bits per heavy atom. The number of aromatic amines is 2. The number of amides is 1. The summed E-state index contributed by atoms with van der Waals surface area (Å²) in [4.78, 5) is 47.0. The number of H-pyrrole nitrogens is 2. The summed E-state index contributed by atoms with van der Waals surface area (Å²) < 4.78 is 5.00. The fraction of sp³-hybridized carbons (Fsp3) is 0.400. The Hall–Kier alpha value is -4.76. The Bertz CT molecular complexity index is 2000. The van der Waals surface area contributed by atoms with Gasteiger partial charge < -0.3 is 24.5 Å². The van der Waals surface area contributed by atoms with Gasteiger partial charge in [-0.05, 0) is 94.2 Å². The van der Waals surface area contributed by atoms with Crippen molar-refractivity contribution in [2.24, 2.45) is 0 Å². The van der Waals surface area contributed by atoms with Crippen LogP contribution in [-0.2, 0) is 14.3 Å². The predicted molar refractivity (Wildman–Crippen MR) is 201 cm³/mol. The number of allylic oxidation sites excluding steroid dienone is 2. The van der Waals surface area contributed by atoms with Gasteiger partial charge in [0.2, 0.25) is 5.91 Å². The third-order valence-electron chi connectivity index (χ3n) is 10.2. The monoisotopic (exact) mass is 662 g/mol. The Labute approximate surface area is 289 Å².